The van der Waals surface area contributed by atoms with Crippen molar-refractivity contribution in [1.82, 2.24) is 0 Å². The summed E-state index contributed by atoms with van der Waals surface area (Å²) in [5.41, 5.74) is -0.104. The number of nitrogens with one attached hydrogen (secondary N) is 2. The van der Waals surface area contributed by atoms with Crippen molar-refractivity contribution in [3.63, 3.8) is 0 Å². The van der Waals surface area contributed by atoms with Crippen molar-refractivity contribution < 1.29 is 18.0 Å². The maximum atomic E-state index is 13.3. The molecule has 2 N–H and O–H groups in total. The second-order valence-corrected chi connectivity index (χ2v) is 4.01. The Balaban J connectivity index is 1.96. The van der Waals surface area contributed by atoms with E-state index in [2.05, 4.69) is 10.6 Å². The van der Waals surface area contributed by atoms with Gasteiger partial charge in [0, 0.05) is 5.69 Å². The molecule has 0 atom stereocenters. The first-order chi connectivity index (χ1) is 9.56. The molecule has 20 heavy (non-hydrogen) atoms. The Morgan fingerprint density at radius 2 is 1.65 bits per heavy atom. The lowest BCUT2D eigenvalue weighted by atomic mass is 10.3. The van der Waals surface area contributed by atoms with Crippen LogP contribution in [0, 0.1) is 17.5 Å². The molecular weight excluding hydrogens is 269 g/mol. The molecule has 3 nitrogen and oxygen atoms in total. The Kier molecular flexibility index (Phi) is 4.24. The van der Waals surface area contributed by atoms with Crippen molar-refractivity contribution in [2.45, 2.75) is 0 Å². The molecule has 0 fully saturated rings. The molecule has 0 saturated carbocycles. The van der Waals surface area contributed by atoms with Crippen molar-refractivity contribution in [2.75, 3.05) is 17.2 Å². The SMILES string of the molecule is O=C(CNc1c(F)cccc1F)Nc1cccc(F)c1. The molecule has 6 heteroatoms. The number of rotatable bonds is 4. The van der Waals surface area contributed by atoms with E-state index >= 15 is 0 Å². The average Bonchev–Trinajstić information content (AvgIpc) is 2.38. The van der Waals surface area contributed by atoms with Gasteiger partial charge in [0.15, 0.2) is 0 Å². The number of anilines is 2. The fraction of sp³-hybridized carbons (Fsp3) is 0.0714. The minimum absolute atomic E-state index is 0.269. The summed E-state index contributed by atoms with van der Waals surface area (Å²) in [5.74, 6) is -2.61. The van der Waals surface area contributed by atoms with Crippen molar-refractivity contribution in [3.8, 4) is 0 Å². The number of carbonyl (C=O) groups excluding carboxylic acids is 1. The first kappa shape index (κ1) is 13.9. The van der Waals surface area contributed by atoms with Crippen LogP contribution in [0.15, 0.2) is 42.5 Å². The lowest BCUT2D eigenvalue weighted by Gasteiger charge is -2.09. The third-order valence-electron chi connectivity index (χ3n) is 2.50. The number of carbonyl (C=O) groups is 1. The minimum atomic E-state index is -0.788. The number of para-hydroxylation sites is 1. The van der Waals surface area contributed by atoms with Gasteiger partial charge in [-0.2, -0.15) is 0 Å². The molecule has 0 bridgehead atoms. The van der Waals surface area contributed by atoms with Gasteiger partial charge in [-0.1, -0.05) is 12.1 Å². The topological polar surface area (TPSA) is 41.1 Å². The van der Waals surface area contributed by atoms with Gasteiger partial charge in [-0.3, -0.25) is 4.79 Å². The smallest absolute Gasteiger partial charge is 0.243 e. The third-order valence-corrected chi connectivity index (χ3v) is 2.50. The number of hydrogen-bond donors (Lipinski definition) is 2. The normalized spacial score (nSPS) is 10.2. The molecule has 0 unspecified atom stereocenters. The fourth-order valence-corrected chi connectivity index (χ4v) is 1.61. The van der Waals surface area contributed by atoms with E-state index in [4.69, 9.17) is 0 Å². The summed E-state index contributed by atoms with van der Waals surface area (Å²) in [5, 5.41) is 4.77. The molecule has 0 aliphatic carbocycles. The first-order valence-corrected chi connectivity index (χ1v) is 5.79. The van der Waals surface area contributed by atoms with Crippen LogP contribution in [0.1, 0.15) is 0 Å². The maximum absolute atomic E-state index is 13.3. The summed E-state index contributed by atoms with van der Waals surface area (Å²) in [6.45, 7) is -0.339. The van der Waals surface area contributed by atoms with Crippen LogP contribution < -0.4 is 10.6 Å². The number of benzene rings is 2. The Morgan fingerprint density at radius 1 is 1.00 bits per heavy atom. The summed E-state index contributed by atoms with van der Waals surface area (Å²) < 4.78 is 39.5. The van der Waals surface area contributed by atoms with Gasteiger partial charge >= 0.3 is 0 Å². The van der Waals surface area contributed by atoms with E-state index in [1.807, 2.05) is 0 Å². The standard InChI is InChI=1S/C14H11F3N2O/c15-9-3-1-4-10(7-9)19-13(20)8-18-14-11(16)5-2-6-12(14)17/h1-7,18H,8H2,(H,19,20). The molecule has 0 aromatic heterocycles. The molecule has 2 aromatic carbocycles. The van der Waals surface area contributed by atoms with E-state index in [9.17, 15) is 18.0 Å². The van der Waals surface area contributed by atoms with Gasteiger partial charge in [-0.15, -0.1) is 0 Å². The second kappa shape index (κ2) is 6.10. The zero-order valence-corrected chi connectivity index (χ0v) is 10.3. The second-order valence-electron chi connectivity index (χ2n) is 4.01. The summed E-state index contributed by atoms with van der Waals surface area (Å²) in [6.07, 6.45) is 0. The molecule has 104 valence electrons. The van der Waals surface area contributed by atoms with Crippen LogP contribution in [-0.2, 0) is 4.79 Å². The number of hydrogen-bond acceptors (Lipinski definition) is 2. The summed E-state index contributed by atoms with van der Waals surface area (Å²) in [4.78, 5) is 11.6. The molecule has 2 rings (SSSR count). The van der Waals surface area contributed by atoms with Gasteiger partial charge in [-0.25, -0.2) is 13.2 Å². The Hall–Kier alpha value is -2.50. The molecule has 0 heterocycles. The Morgan fingerprint density at radius 3 is 2.30 bits per heavy atom. The highest BCUT2D eigenvalue weighted by molar-refractivity contribution is 5.93. The van der Waals surface area contributed by atoms with E-state index in [1.54, 1.807) is 0 Å². The molecule has 0 aliphatic heterocycles. The molecule has 0 radical (unpaired) electrons. The van der Waals surface area contributed by atoms with E-state index in [1.165, 1.54) is 24.3 Å². The Bertz CT molecular complexity index is 611. The predicted octanol–water partition coefficient (Wildman–Crippen LogP) is 3.15. The van der Waals surface area contributed by atoms with E-state index in [0.29, 0.717) is 0 Å². The van der Waals surface area contributed by atoms with Gasteiger partial charge in [-0.05, 0) is 30.3 Å². The molecule has 0 spiro atoms. The van der Waals surface area contributed by atoms with Crippen LogP contribution in [0.3, 0.4) is 0 Å². The van der Waals surface area contributed by atoms with E-state index < -0.39 is 23.4 Å². The first-order valence-electron chi connectivity index (χ1n) is 5.79. The Labute approximate surface area is 113 Å². The zero-order chi connectivity index (χ0) is 14.5. The third kappa shape index (κ3) is 3.50. The van der Waals surface area contributed by atoms with Crippen molar-refractivity contribution in [1.29, 1.82) is 0 Å². The lowest BCUT2D eigenvalue weighted by Crippen LogP contribution is -2.22. The maximum Gasteiger partial charge on any atom is 0.243 e. The van der Waals surface area contributed by atoms with Crippen LogP contribution in [-0.4, -0.2) is 12.5 Å². The van der Waals surface area contributed by atoms with Crippen LogP contribution in [0.5, 0.6) is 0 Å². The van der Waals surface area contributed by atoms with Crippen molar-refractivity contribution in [3.05, 3.63) is 59.9 Å². The van der Waals surface area contributed by atoms with E-state index in [-0.39, 0.29) is 17.9 Å². The summed E-state index contributed by atoms with van der Waals surface area (Å²) in [6, 6.07) is 8.71. The summed E-state index contributed by atoms with van der Waals surface area (Å²) in [7, 11) is 0. The largest absolute Gasteiger partial charge is 0.371 e. The van der Waals surface area contributed by atoms with Crippen LogP contribution in [0.25, 0.3) is 0 Å². The highest BCUT2D eigenvalue weighted by Gasteiger charge is 2.09. The highest BCUT2D eigenvalue weighted by atomic mass is 19.1. The molecule has 0 aliphatic rings. The number of amides is 1. The zero-order valence-electron chi connectivity index (χ0n) is 10.3. The van der Waals surface area contributed by atoms with E-state index in [0.717, 1.165) is 18.2 Å². The van der Waals surface area contributed by atoms with Crippen LogP contribution in [0.4, 0.5) is 24.5 Å². The van der Waals surface area contributed by atoms with Crippen LogP contribution in [0.2, 0.25) is 0 Å². The van der Waals surface area contributed by atoms with Crippen LogP contribution >= 0.6 is 0 Å². The predicted molar refractivity (Wildman–Crippen MR) is 69.9 cm³/mol. The molecule has 1 amide bonds. The molecular formula is C14H11F3N2O. The number of halogens is 3. The van der Waals surface area contributed by atoms with Gasteiger partial charge in [0.2, 0.25) is 5.91 Å². The molecule has 2 aromatic rings. The van der Waals surface area contributed by atoms with Crippen molar-refractivity contribution in [2.24, 2.45) is 0 Å². The highest BCUT2D eigenvalue weighted by Crippen LogP contribution is 2.17. The summed E-state index contributed by atoms with van der Waals surface area (Å²) >= 11 is 0. The fourth-order valence-electron chi connectivity index (χ4n) is 1.61. The minimum Gasteiger partial charge on any atom is -0.371 e. The van der Waals surface area contributed by atoms with Gasteiger partial charge in [0.05, 0.1) is 6.54 Å². The van der Waals surface area contributed by atoms with Gasteiger partial charge in [0.1, 0.15) is 23.1 Å². The molecule has 0 saturated heterocycles. The lowest BCUT2D eigenvalue weighted by molar-refractivity contribution is -0.114. The monoisotopic (exact) mass is 280 g/mol. The van der Waals surface area contributed by atoms with Gasteiger partial charge < -0.3 is 10.6 Å². The van der Waals surface area contributed by atoms with Gasteiger partial charge in [0.25, 0.3) is 0 Å². The average molecular weight is 280 g/mol. The quantitative estimate of drug-likeness (QED) is 0.903. The van der Waals surface area contributed by atoms with Crippen molar-refractivity contribution >= 4 is 17.3 Å².